The fourth-order valence-electron chi connectivity index (χ4n) is 2.08. The Morgan fingerprint density at radius 3 is 2.19 bits per heavy atom. The topological polar surface area (TPSA) is 134 Å². The van der Waals surface area contributed by atoms with Crippen LogP contribution in [0.2, 0.25) is 18.1 Å². The highest BCUT2D eigenvalue weighted by Crippen LogP contribution is 2.37. The number of amides is 1. The lowest BCUT2D eigenvalue weighted by molar-refractivity contribution is -0.137. The summed E-state index contributed by atoms with van der Waals surface area (Å²) in [4.78, 5) is 26.0. The van der Waals surface area contributed by atoms with Gasteiger partial charge in [-0.1, -0.05) is 25.9 Å². The van der Waals surface area contributed by atoms with Crippen molar-refractivity contribution in [2.24, 2.45) is 5.11 Å². The van der Waals surface area contributed by atoms with Crippen molar-refractivity contribution in [2.45, 2.75) is 90.3 Å². The number of azide groups is 1. The maximum absolute atomic E-state index is 12.1. The molecule has 1 amide bonds. The average molecular weight is 403 g/mol. The summed E-state index contributed by atoms with van der Waals surface area (Å²) in [5.41, 5.74) is 7.96. The van der Waals surface area contributed by atoms with Crippen molar-refractivity contribution in [3.8, 4) is 0 Å². The Hall–Kier alpha value is -1.77. The molecule has 0 heterocycles. The number of carbonyl (C=O) groups excluding carboxylic acids is 1. The van der Waals surface area contributed by atoms with Gasteiger partial charge >= 0.3 is 12.1 Å². The van der Waals surface area contributed by atoms with Crippen molar-refractivity contribution < 1.29 is 23.9 Å². The van der Waals surface area contributed by atoms with E-state index in [4.69, 9.17) is 14.7 Å². The van der Waals surface area contributed by atoms with Gasteiger partial charge in [0.25, 0.3) is 0 Å². The zero-order chi connectivity index (χ0) is 21.5. The molecule has 156 valence electrons. The highest BCUT2D eigenvalue weighted by molar-refractivity contribution is 6.74. The summed E-state index contributed by atoms with van der Waals surface area (Å²) >= 11 is 0. The quantitative estimate of drug-likeness (QED) is 0.254. The summed E-state index contributed by atoms with van der Waals surface area (Å²) in [6, 6.07) is -0.707. The van der Waals surface area contributed by atoms with E-state index in [-0.39, 0.29) is 24.4 Å². The lowest BCUT2D eigenvalue weighted by Crippen LogP contribution is -2.48. The number of hydrogen-bond donors (Lipinski definition) is 2. The molecule has 0 aliphatic heterocycles. The summed E-state index contributed by atoms with van der Waals surface area (Å²) in [5, 5.41) is 15.3. The van der Waals surface area contributed by atoms with E-state index in [1.807, 2.05) is 0 Å². The molecule has 0 spiro atoms. The van der Waals surface area contributed by atoms with Gasteiger partial charge in [0, 0.05) is 11.0 Å². The van der Waals surface area contributed by atoms with E-state index in [9.17, 15) is 14.7 Å². The molecule has 2 N–H and O–H groups in total. The number of nitrogens with zero attached hydrogens (tertiary/aromatic N) is 3. The normalized spacial score (nSPS) is 14.7. The minimum Gasteiger partial charge on any atom is -0.481 e. The molecule has 0 aliphatic rings. The van der Waals surface area contributed by atoms with Crippen molar-refractivity contribution in [2.75, 3.05) is 6.54 Å². The van der Waals surface area contributed by atoms with Crippen LogP contribution in [0.1, 0.15) is 54.4 Å². The minimum atomic E-state index is -2.18. The van der Waals surface area contributed by atoms with Crippen molar-refractivity contribution in [3.63, 3.8) is 0 Å². The number of carboxylic acid groups (broad SMARTS) is 1. The fourth-order valence-corrected chi connectivity index (χ4v) is 3.43. The van der Waals surface area contributed by atoms with Crippen LogP contribution in [0.15, 0.2) is 5.11 Å². The Kier molecular flexibility index (Phi) is 9.31. The summed E-state index contributed by atoms with van der Waals surface area (Å²) in [5.74, 6) is -1.05. The van der Waals surface area contributed by atoms with Crippen LogP contribution in [0.3, 0.4) is 0 Å². The lowest BCUT2D eigenvalue weighted by Gasteiger charge is -2.39. The predicted octanol–water partition coefficient (Wildman–Crippen LogP) is 4.45. The molecule has 0 aliphatic carbocycles. The van der Waals surface area contributed by atoms with Crippen LogP contribution in [0, 0.1) is 0 Å². The molecule has 0 rings (SSSR count). The highest BCUT2D eigenvalue weighted by atomic mass is 28.4. The first-order valence-corrected chi connectivity index (χ1v) is 11.9. The van der Waals surface area contributed by atoms with Gasteiger partial charge in [-0.3, -0.25) is 4.79 Å². The zero-order valence-corrected chi connectivity index (χ0v) is 18.7. The Bertz CT molecular complexity index is 563. The van der Waals surface area contributed by atoms with Crippen LogP contribution in [0.4, 0.5) is 4.79 Å². The summed E-state index contributed by atoms with van der Waals surface area (Å²) in [7, 11) is -2.18. The molecule has 2 atom stereocenters. The van der Waals surface area contributed by atoms with Gasteiger partial charge in [0.05, 0.1) is 19.1 Å². The van der Waals surface area contributed by atoms with Gasteiger partial charge in [0.1, 0.15) is 5.60 Å². The SMILES string of the molecule is CC(C)(C)OC(=O)N[C@@H](CC(=O)O)C[C@H](CN=[N+]=[N-])O[Si](C)(C)C(C)(C)C. The first-order valence-electron chi connectivity index (χ1n) is 8.97. The number of rotatable bonds is 9. The number of ether oxygens (including phenoxy) is 1. The van der Waals surface area contributed by atoms with Crippen LogP contribution in [-0.4, -0.2) is 49.8 Å². The van der Waals surface area contributed by atoms with Crippen LogP contribution in [0.5, 0.6) is 0 Å². The molecule has 0 fully saturated rings. The third kappa shape index (κ3) is 10.8. The fraction of sp³-hybridized carbons (Fsp3) is 0.882. The van der Waals surface area contributed by atoms with Crippen molar-refractivity contribution in [3.05, 3.63) is 10.4 Å². The first kappa shape index (κ1) is 25.2. The first-order chi connectivity index (χ1) is 12.1. The number of carbonyl (C=O) groups is 2. The second-order valence-corrected chi connectivity index (χ2v) is 13.8. The Morgan fingerprint density at radius 2 is 1.78 bits per heavy atom. The molecular weight excluding hydrogens is 368 g/mol. The lowest BCUT2D eigenvalue weighted by atomic mass is 10.1. The molecule has 0 bridgehead atoms. The molecule has 0 unspecified atom stereocenters. The van der Waals surface area contributed by atoms with E-state index in [1.54, 1.807) is 20.8 Å². The molecule has 0 radical (unpaired) electrons. The van der Waals surface area contributed by atoms with Gasteiger partial charge in [-0.25, -0.2) is 4.79 Å². The Balaban J connectivity index is 5.32. The number of alkyl carbamates (subject to hydrolysis) is 1. The summed E-state index contributed by atoms with van der Waals surface area (Å²) < 4.78 is 11.5. The molecule has 10 heteroatoms. The van der Waals surface area contributed by atoms with Crippen molar-refractivity contribution >= 4 is 20.4 Å². The monoisotopic (exact) mass is 402 g/mol. The number of aliphatic carboxylic acids is 1. The van der Waals surface area contributed by atoms with Crippen molar-refractivity contribution in [1.82, 2.24) is 5.32 Å². The third-order valence-electron chi connectivity index (χ3n) is 4.31. The number of hydrogen-bond acceptors (Lipinski definition) is 5. The Morgan fingerprint density at radius 1 is 1.22 bits per heavy atom. The van der Waals surface area contributed by atoms with Gasteiger partial charge in [-0.2, -0.15) is 0 Å². The molecule has 9 nitrogen and oxygen atoms in total. The highest BCUT2D eigenvalue weighted by Gasteiger charge is 2.39. The van der Waals surface area contributed by atoms with Crippen LogP contribution < -0.4 is 5.32 Å². The van der Waals surface area contributed by atoms with E-state index in [2.05, 4.69) is 49.2 Å². The van der Waals surface area contributed by atoms with Crippen LogP contribution >= 0.6 is 0 Å². The maximum atomic E-state index is 12.1. The second kappa shape index (κ2) is 9.96. The van der Waals surface area contributed by atoms with Gasteiger partial charge in [0.2, 0.25) is 0 Å². The Labute approximate surface area is 162 Å². The molecule has 0 aromatic carbocycles. The molecule has 0 saturated carbocycles. The molecule has 0 aromatic rings. The van der Waals surface area contributed by atoms with Crippen LogP contribution in [0.25, 0.3) is 10.4 Å². The molecule has 0 saturated heterocycles. The second-order valence-electron chi connectivity index (χ2n) is 9.09. The van der Waals surface area contributed by atoms with E-state index < -0.39 is 38.1 Å². The standard InChI is InChI=1S/C17H34N4O5Si/c1-16(2,3)25-15(24)20-12(10-14(22)23)9-13(11-19-21-18)26-27(7,8)17(4,5)6/h12-13H,9-11H2,1-8H3,(H,20,24)(H,22,23)/t12-,13-/m1/s1. The number of nitrogens with one attached hydrogen (secondary N) is 1. The van der Waals surface area contributed by atoms with Gasteiger partial charge in [-0.05, 0) is 50.9 Å². The molecule has 27 heavy (non-hydrogen) atoms. The van der Waals surface area contributed by atoms with Gasteiger partial charge < -0.3 is 19.6 Å². The largest absolute Gasteiger partial charge is 0.481 e. The number of carboxylic acids is 1. The van der Waals surface area contributed by atoms with E-state index in [0.29, 0.717) is 0 Å². The predicted molar refractivity (Wildman–Crippen MR) is 106 cm³/mol. The minimum absolute atomic E-state index is 0.0646. The van der Waals surface area contributed by atoms with Gasteiger partial charge in [-0.15, -0.1) is 0 Å². The van der Waals surface area contributed by atoms with Crippen LogP contribution in [-0.2, 0) is 14.0 Å². The summed E-state index contributed by atoms with van der Waals surface area (Å²) in [6.45, 7) is 15.6. The van der Waals surface area contributed by atoms with E-state index >= 15 is 0 Å². The van der Waals surface area contributed by atoms with Crippen molar-refractivity contribution in [1.29, 1.82) is 0 Å². The molecule has 0 aromatic heterocycles. The smallest absolute Gasteiger partial charge is 0.407 e. The van der Waals surface area contributed by atoms with E-state index in [0.717, 1.165) is 0 Å². The zero-order valence-electron chi connectivity index (χ0n) is 17.7. The third-order valence-corrected chi connectivity index (χ3v) is 8.84. The average Bonchev–Trinajstić information content (AvgIpc) is 2.39. The maximum Gasteiger partial charge on any atom is 0.407 e. The molecular formula is C17H34N4O5Si. The summed E-state index contributed by atoms with van der Waals surface area (Å²) in [6.07, 6.45) is -1.27. The van der Waals surface area contributed by atoms with Gasteiger partial charge in [0.15, 0.2) is 8.32 Å². The van der Waals surface area contributed by atoms with E-state index in [1.165, 1.54) is 0 Å².